The molecule has 0 aromatic rings. The van der Waals surface area contributed by atoms with E-state index in [4.69, 9.17) is 10.6 Å². The lowest BCUT2D eigenvalue weighted by Gasteiger charge is -2.56. The second-order valence-corrected chi connectivity index (χ2v) is 6.57. The van der Waals surface area contributed by atoms with Gasteiger partial charge in [0.1, 0.15) is 5.84 Å². The van der Waals surface area contributed by atoms with Gasteiger partial charge in [0.2, 0.25) is 0 Å². The number of nitrogens with zero attached hydrogens (tertiary/aromatic N) is 1. The molecule has 0 atom stereocenters. The summed E-state index contributed by atoms with van der Waals surface area (Å²) < 4.78 is 5.08. The third-order valence-electron chi connectivity index (χ3n) is 5.24. The van der Waals surface area contributed by atoms with Crippen molar-refractivity contribution in [2.75, 3.05) is 20.3 Å². The first-order chi connectivity index (χ1) is 8.75. The maximum absolute atomic E-state index is 5.75. The van der Waals surface area contributed by atoms with Crippen LogP contribution in [0.5, 0.6) is 0 Å². The van der Waals surface area contributed by atoms with Gasteiger partial charge < -0.3 is 10.2 Å². The number of ether oxygens (including phenoxy) is 1. The summed E-state index contributed by atoms with van der Waals surface area (Å²) >= 11 is 0. The molecule has 4 fully saturated rings. The molecule has 102 valence electrons. The average Bonchev–Trinajstić information content (AvgIpc) is 2.32. The third-order valence-corrected chi connectivity index (χ3v) is 5.24. The number of hydrazine groups is 1. The van der Waals surface area contributed by atoms with Crippen LogP contribution in [0, 0.1) is 23.2 Å². The number of hydrogen-bond acceptors (Lipinski definition) is 3. The van der Waals surface area contributed by atoms with Crippen molar-refractivity contribution in [3.05, 3.63) is 0 Å². The van der Waals surface area contributed by atoms with Crippen molar-refractivity contribution < 1.29 is 4.74 Å². The number of methoxy groups -OCH3 is 1. The number of nitrogens with two attached hydrogens (primary N) is 1. The van der Waals surface area contributed by atoms with Crippen molar-refractivity contribution >= 4 is 5.84 Å². The van der Waals surface area contributed by atoms with Crippen LogP contribution in [0.3, 0.4) is 0 Å². The van der Waals surface area contributed by atoms with Gasteiger partial charge >= 0.3 is 0 Å². The van der Waals surface area contributed by atoms with E-state index in [1.54, 1.807) is 7.11 Å². The Morgan fingerprint density at radius 3 is 2.22 bits per heavy atom. The predicted octanol–water partition coefficient (Wildman–Crippen LogP) is 1.71. The van der Waals surface area contributed by atoms with E-state index in [2.05, 4.69) is 10.4 Å². The predicted molar refractivity (Wildman–Crippen MR) is 72.1 cm³/mol. The molecule has 0 heterocycles. The number of rotatable bonds is 4. The minimum absolute atomic E-state index is 0.275. The minimum atomic E-state index is 0.275. The molecule has 3 N–H and O–H groups in total. The minimum Gasteiger partial charge on any atom is -0.383 e. The highest BCUT2D eigenvalue weighted by Gasteiger charge is 2.53. The molecule has 4 bridgehead atoms. The van der Waals surface area contributed by atoms with Crippen molar-refractivity contribution in [2.45, 2.75) is 38.5 Å². The van der Waals surface area contributed by atoms with E-state index in [9.17, 15) is 0 Å². The zero-order valence-electron chi connectivity index (χ0n) is 11.3. The lowest BCUT2D eigenvalue weighted by atomic mass is 9.49. The van der Waals surface area contributed by atoms with E-state index < -0.39 is 0 Å². The zero-order valence-corrected chi connectivity index (χ0v) is 11.3. The molecule has 4 nitrogen and oxygen atoms in total. The first-order valence-corrected chi connectivity index (χ1v) is 7.26. The maximum Gasteiger partial charge on any atom is 0.117 e. The van der Waals surface area contributed by atoms with Gasteiger partial charge in [-0.15, -0.1) is 0 Å². The molecule has 4 saturated carbocycles. The van der Waals surface area contributed by atoms with Gasteiger partial charge in [0.25, 0.3) is 0 Å². The van der Waals surface area contributed by atoms with E-state index >= 15 is 0 Å². The van der Waals surface area contributed by atoms with Crippen LogP contribution in [0.15, 0.2) is 4.99 Å². The van der Waals surface area contributed by atoms with Gasteiger partial charge in [-0.2, -0.15) is 0 Å². The fraction of sp³-hybridized carbons (Fsp3) is 0.929. The third kappa shape index (κ3) is 2.05. The van der Waals surface area contributed by atoms with Crippen LogP contribution >= 0.6 is 0 Å². The lowest BCUT2D eigenvalue weighted by molar-refractivity contribution is -0.0142. The van der Waals surface area contributed by atoms with Crippen molar-refractivity contribution in [3.8, 4) is 0 Å². The smallest absolute Gasteiger partial charge is 0.117 e. The Hall–Kier alpha value is -0.610. The molecule has 18 heavy (non-hydrogen) atoms. The molecule has 0 unspecified atom stereocenters. The van der Waals surface area contributed by atoms with E-state index in [1.807, 2.05) is 0 Å². The molecule has 0 aromatic carbocycles. The van der Waals surface area contributed by atoms with Crippen molar-refractivity contribution in [2.24, 2.45) is 34.0 Å². The molecular weight excluding hydrogens is 226 g/mol. The second kappa shape index (κ2) is 4.82. The van der Waals surface area contributed by atoms with Gasteiger partial charge in [0.15, 0.2) is 0 Å². The number of aliphatic imine (C=N–C) groups is 1. The summed E-state index contributed by atoms with van der Waals surface area (Å²) in [4.78, 5) is 4.68. The molecule has 0 saturated heterocycles. The van der Waals surface area contributed by atoms with Crippen LogP contribution < -0.4 is 11.3 Å². The Kier molecular flexibility index (Phi) is 3.32. The zero-order chi connectivity index (χ0) is 12.6. The topological polar surface area (TPSA) is 59.6 Å². The van der Waals surface area contributed by atoms with E-state index in [0.29, 0.717) is 6.61 Å². The molecule has 4 rings (SSSR count). The monoisotopic (exact) mass is 251 g/mol. The maximum atomic E-state index is 5.75. The molecule has 0 spiro atoms. The first-order valence-electron chi connectivity index (χ1n) is 7.26. The summed E-state index contributed by atoms with van der Waals surface area (Å²) in [6.45, 7) is 1.40. The first kappa shape index (κ1) is 12.4. The number of hydrogen-bond donors (Lipinski definition) is 2. The highest BCUT2D eigenvalue weighted by atomic mass is 16.5. The second-order valence-electron chi connectivity index (χ2n) is 6.57. The molecular formula is C14H25N3O. The van der Waals surface area contributed by atoms with Crippen LogP contribution in [0.4, 0.5) is 0 Å². The Labute approximate surface area is 109 Å². The molecule has 4 aliphatic carbocycles. The molecule has 0 radical (unpaired) electrons. The van der Waals surface area contributed by atoms with Crippen LogP contribution in [0.1, 0.15) is 38.5 Å². The Morgan fingerprint density at radius 1 is 1.22 bits per heavy atom. The summed E-state index contributed by atoms with van der Waals surface area (Å²) in [7, 11) is 1.72. The van der Waals surface area contributed by atoms with Crippen molar-refractivity contribution in [1.82, 2.24) is 5.43 Å². The average molecular weight is 251 g/mol. The van der Waals surface area contributed by atoms with E-state index in [-0.39, 0.29) is 5.41 Å². The number of amidine groups is 1. The van der Waals surface area contributed by atoms with Crippen molar-refractivity contribution in [1.29, 1.82) is 0 Å². The van der Waals surface area contributed by atoms with E-state index in [0.717, 1.165) is 30.1 Å². The highest BCUT2D eigenvalue weighted by molar-refractivity contribution is 5.88. The van der Waals surface area contributed by atoms with Gasteiger partial charge in [-0.25, -0.2) is 5.84 Å². The molecule has 0 aromatic heterocycles. The molecule has 4 aliphatic rings. The Bertz CT molecular complexity index is 305. The van der Waals surface area contributed by atoms with Gasteiger partial charge in [-0.05, 0) is 56.3 Å². The molecule has 0 aliphatic heterocycles. The van der Waals surface area contributed by atoms with Gasteiger partial charge in [0.05, 0.1) is 13.2 Å². The van der Waals surface area contributed by atoms with Gasteiger partial charge in [-0.1, -0.05) is 0 Å². The fourth-order valence-electron chi connectivity index (χ4n) is 5.02. The van der Waals surface area contributed by atoms with E-state index in [1.165, 1.54) is 38.5 Å². The van der Waals surface area contributed by atoms with Crippen molar-refractivity contribution in [3.63, 3.8) is 0 Å². The fourth-order valence-corrected chi connectivity index (χ4v) is 5.02. The largest absolute Gasteiger partial charge is 0.383 e. The normalized spacial score (nSPS) is 42.3. The Morgan fingerprint density at radius 2 is 1.78 bits per heavy atom. The summed E-state index contributed by atoms with van der Waals surface area (Å²) in [5.74, 6) is 9.59. The van der Waals surface area contributed by atoms with Crippen LogP contribution in [-0.4, -0.2) is 26.1 Å². The van der Waals surface area contributed by atoms with Crippen LogP contribution in [0.25, 0.3) is 0 Å². The standard InChI is InChI=1S/C14H25N3O/c1-18-3-2-16-13(17-15)14-7-10-4-11(8-14)6-12(5-10)9-14/h10-12H,2-9,15H2,1H3,(H,16,17). The van der Waals surface area contributed by atoms with Crippen LogP contribution in [-0.2, 0) is 4.74 Å². The lowest BCUT2D eigenvalue weighted by Crippen LogP contribution is -2.55. The summed E-state index contributed by atoms with van der Waals surface area (Å²) in [5, 5.41) is 0. The Balaban J connectivity index is 1.78. The van der Waals surface area contributed by atoms with Crippen LogP contribution in [0.2, 0.25) is 0 Å². The molecule has 0 amide bonds. The summed E-state index contributed by atoms with van der Waals surface area (Å²) in [5.41, 5.74) is 3.19. The summed E-state index contributed by atoms with van der Waals surface area (Å²) in [6.07, 6.45) is 8.26. The van der Waals surface area contributed by atoms with Gasteiger partial charge in [0, 0.05) is 12.5 Å². The van der Waals surface area contributed by atoms with Gasteiger partial charge in [-0.3, -0.25) is 4.99 Å². The highest BCUT2D eigenvalue weighted by Crippen LogP contribution is 2.60. The summed E-state index contributed by atoms with van der Waals surface area (Å²) in [6, 6.07) is 0. The molecule has 4 heteroatoms. The quantitative estimate of drug-likeness (QED) is 0.263. The number of nitrogens with one attached hydrogen (secondary N) is 1. The SMILES string of the molecule is COCCN=C(NN)C12CC3CC(CC(C3)C1)C2.